The Morgan fingerprint density at radius 3 is 2.37 bits per heavy atom. The Labute approximate surface area is 178 Å². The Bertz CT molecular complexity index is 1110. The third kappa shape index (κ3) is 2.67. The van der Waals surface area contributed by atoms with Crippen LogP contribution >= 0.6 is 11.3 Å². The van der Waals surface area contributed by atoms with E-state index in [0.717, 1.165) is 27.8 Å². The van der Waals surface area contributed by atoms with Gasteiger partial charge in [-0.1, -0.05) is 48.5 Å². The minimum absolute atomic E-state index is 0.0560. The minimum Gasteiger partial charge on any atom is -0.479 e. The van der Waals surface area contributed by atoms with Crippen molar-refractivity contribution in [1.82, 2.24) is 4.90 Å². The number of amides is 1. The van der Waals surface area contributed by atoms with Crippen LogP contribution in [0.5, 0.6) is 0 Å². The van der Waals surface area contributed by atoms with Crippen LogP contribution < -0.4 is 0 Å². The van der Waals surface area contributed by atoms with Gasteiger partial charge >= 0.3 is 12.1 Å². The fraction of sp³-hybridized carbons (Fsp3) is 0.250. The highest BCUT2D eigenvalue weighted by molar-refractivity contribution is 7.10. The molecule has 1 aromatic heterocycles. The van der Waals surface area contributed by atoms with Gasteiger partial charge in [0.25, 0.3) is 0 Å². The summed E-state index contributed by atoms with van der Waals surface area (Å²) in [6.45, 7) is 2.09. The second-order valence-electron chi connectivity index (χ2n) is 7.86. The summed E-state index contributed by atoms with van der Waals surface area (Å²) < 4.78 is 5.74. The van der Waals surface area contributed by atoms with E-state index < -0.39 is 17.6 Å². The van der Waals surface area contributed by atoms with E-state index in [-0.39, 0.29) is 12.5 Å². The second-order valence-corrected chi connectivity index (χ2v) is 8.77. The standard InChI is InChI=1S/C24H21NO4S/c1-24(22(26)27)21-15(11-13-30-21)10-12-25(24)23(28)29-14-20-18-8-4-2-6-16(18)17-7-3-5-9-19(17)20/h2-9,11,13,20H,10,12,14H2,1H3,(H,26,27). The first kappa shape index (κ1) is 18.9. The van der Waals surface area contributed by atoms with E-state index in [4.69, 9.17) is 4.74 Å². The maximum atomic E-state index is 13.1. The monoisotopic (exact) mass is 419 g/mol. The third-order valence-corrected chi connectivity index (χ3v) is 7.47. The van der Waals surface area contributed by atoms with E-state index in [1.807, 2.05) is 35.7 Å². The van der Waals surface area contributed by atoms with Crippen molar-refractivity contribution in [3.05, 3.63) is 81.5 Å². The van der Waals surface area contributed by atoms with Crippen molar-refractivity contribution in [3.63, 3.8) is 0 Å². The fourth-order valence-electron chi connectivity index (χ4n) is 4.70. The van der Waals surface area contributed by atoms with Crippen LogP contribution in [-0.4, -0.2) is 35.2 Å². The van der Waals surface area contributed by atoms with Gasteiger partial charge in [-0.3, -0.25) is 4.90 Å². The minimum atomic E-state index is -1.41. The van der Waals surface area contributed by atoms with E-state index >= 15 is 0 Å². The summed E-state index contributed by atoms with van der Waals surface area (Å²) in [7, 11) is 0. The van der Waals surface area contributed by atoms with E-state index in [1.54, 1.807) is 6.92 Å². The van der Waals surface area contributed by atoms with Gasteiger partial charge in [0.05, 0.1) is 0 Å². The number of benzene rings is 2. The molecule has 152 valence electrons. The molecule has 5 nitrogen and oxygen atoms in total. The molecule has 2 heterocycles. The SMILES string of the molecule is CC1(C(=O)O)c2sccc2CCN1C(=O)OCC1c2ccccc2-c2ccccc21. The topological polar surface area (TPSA) is 66.8 Å². The molecule has 0 spiro atoms. The first-order valence-electron chi connectivity index (χ1n) is 9.94. The van der Waals surface area contributed by atoms with Crippen molar-refractivity contribution in [3.8, 4) is 11.1 Å². The molecule has 1 aliphatic heterocycles. The molecule has 1 unspecified atom stereocenters. The summed E-state index contributed by atoms with van der Waals surface area (Å²) in [5.74, 6) is -1.10. The number of nitrogens with zero attached hydrogens (tertiary/aromatic N) is 1. The first-order chi connectivity index (χ1) is 14.5. The third-order valence-electron chi connectivity index (χ3n) is 6.31. The molecular weight excluding hydrogens is 398 g/mol. The van der Waals surface area contributed by atoms with Crippen molar-refractivity contribution in [2.75, 3.05) is 13.2 Å². The van der Waals surface area contributed by atoms with Gasteiger partial charge < -0.3 is 9.84 Å². The number of carbonyl (C=O) groups excluding carboxylic acids is 1. The molecule has 0 radical (unpaired) electrons. The summed E-state index contributed by atoms with van der Waals surface area (Å²) in [5.41, 5.74) is 4.16. The molecule has 0 fully saturated rings. The number of carboxylic acids is 1. The van der Waals surface area contributed by atoms with Crippen LogP contribution in [0.4, 0.5) is 4.79 Å². The Morgan fingerprint density at radius 2 is 1.73 bits per heavy atom. The smallest absolute Gasteiger partial charge is 0.411 e. The largest absolute Gasteiger partial charge is 0.479 e. The highest BCUT2D eigenvalue weighted by atomic mass is 32.1. The molecule has 5 rings (SSSR count). The molecular formula is C24H21NO4S. The zero-order chi connectivity index (χ0) is 20.9. The van der Waals surface area contributed by atoms with E-state index in [0.29, 0.717) is 17.8 Å². The zero-order valence-corrected chi connectivity index (χ0v) is 17.3. The fourth-order valence-corrected chi connectivity index (χ4v) is 5.81. The zero-order valence-electron chi connectivity index (χ0n) is 16.5. The number of ether oxygens (including phenoxy) is 1. The number of carboxylic acid groups (broad SMARTS) is 1. The van der Waals surface area contributed by atoms with Crippen LogP contribution in [0, 0.1) is 0 Å². The van der Waals surface area contributed by atoms with Gasteiger partial charge in [-0.2, -0.15) is 0 Å². The lowest BCUT2D eigenvalue weighted by atomic mass is 9.89. The van der Waals surface area contributed by atoms with Crippen molar-refractivity contribution in [2.45, 2.75) is 24.8 Å². The summed E-state index contributed by atoms with van der Waals surface area (Å²) in [6.07, 6.45) is 0.0483. The molecule has 0 saturated carbocycles. The Balaban J connectivity index is 1.41. The van der Waals surface area contributed by atoms with Gasteiger partial charge in [0, 0.05) is 17.3 Å². The lowest BCUT2D eigenvalue weighted by Gasteiger charge is -2.40. The van der Waals surface area contributed by atoms with Crippen LogP contribution in [0.25, 0.3) is 11.1 Å². The average Bonchev–Trinajstić information content (AvgIpc) is 3.36. The van der Waals surface area contributed by atoms with Crippen LogP contribution in [0.1, 0.15) is 34.4 Å². The van der Waals surface area contributed by atoms with Gasteiger partial charge in [0.15, 0.2) is 5.54 Å². The predicted molar refractivity (Wildman–Crippen MR) is 115 cm³/mol. The maximum absolute atomic E-state index is 13.1. The van der Waals surface area contributed by atoms with Gasteiger partial charge in [-0.15, -0.1) is 11.3 Å². The molecule has 1 atom stereocenters. The highest BCUT2D eigenvalue weighted by Gasteiger charge is 2.49. The Kier molecular flexibility index (Phi) is 4.40. The molecule has 2 aliphatic rings. The molecule has 30 heavy (non-hydrogen) atoms. The van der Waals surface area contributed by atoms with Crippen LogP contribution in [0.15, 0.2) is 60.0 Å². The highest BCUT2D eigenvalue weighted by Crippen LogP contribution is 2.45. The molecule has 0 bridgehead atoms. The summed E-state index contributed by atoms with van der Waals surface area (Å²) >= 11 is 1.38. The molecule has 1 aliphatic carbocycles. The van der Waals surface area contributed by atoms with Gasteiger partial charge in [-0.25, -0.2) is 9.59 Å². The van der Waals surface area contributed by atoms with Crippen molar-refractivity contribution < 1.29 is 19.4 Å². The first-order valence-corrected chi connectivity index (χ1v) is 10.8. The van der Waals surface area contributed by atoms with Gasteiger partial charge in [-0.05, 0) is 52.6 Å². The van der Waals surface area contributed by atoms with E-state index in [2.05, 4.69) is 24.3 Å². The number of fused-ring (bicyclic) bond motifs is 4. The van der Waals surface area contributed by atoms with Crippen LogP contribution in [-0.2, 0) is 21.5 Å². The average molecular weight is 420 g/mol. The molecule has 0 saturated heterocycles. The quantitative estimate of drug-likeness (QED) is 0.659. The van der Waals surface area contributed by atoms with E-state index in [9.17, 15) is 14.7 Å². The van der Waals surface area contributed by atoms with Gasteiger partial charge in [0.1, 0.15) is 6.61 Å². The van der Waals surface area contributed by atoms with Crippen molar-refractivity contribution >= 4 is 23.4 Å². The number of aliphatic carboxylic acids is 1. The van der Waals surface area contributed by atoms with Crippen LogP contribution in [0.3, 0.4) is 0 Å². The molecule has 1 amide bonds. The molecule has 2 aromatic carbocycles. The lowest BCUT2D eigenvalue weighted by Crippen LogP contribution is -2.55. The van der Waals surface area contributed by atoms with E-state index in [1.165, 1.54) is 16.2 Å². The van der Waals surface area contributed by atoms with Crippen LogP contribution in [0.2, 0.25) is 0 Å². The Morgan fingerprint density at radius 1 is 1.10 bits per heavy atom. The van der Waals surface area contributed by atoms with Crippen molar-refractivity contribution in [1.29, 1.82) is 0 Å². The number of rotatable bonds is 3. The summed E-state index contributed by atoms with van der Waals surface area (Å²) in [4.78, 5) is 27.3. The Hall–Kier alpha value is -3.12. The number of thiophene rings is 1. The maximum Gasteiger partial charge on any atom is 0.411 e. The predicted octanol–water partition coefficient (Wildman–Crippen LogP) is 4.86. The normalized spacial score (nSPS) is 19.7. The second kappa shape index (κ2) is 6.99. The number of hydrogen-bond acceptors (Lipinski definition) is 4. The van der Waals surface area contributed by atoms with Crippen molar-refractivity contribution in [2.24, 2.45) is 0 Å². The lowest BCUT2D eigenvalue weighted by molar-refractivity contribution is -0.150. The molecule has 1 N–H and O–H groups in total. The van der Waals surface area contributed by atoms with Gasteiger partial charge in [0.2, 0.25) is 0 Å². The summed E-state index contributed by atoms with van der Waals surface area (Å²) in [6, 6.07) is 18.2. The molecule has 6 heteroatoms. The number of carbonyl (C=O) groups is 2. The summed E-state index contributed by atoms with van der Waals surface area (Å²) in [5, 5.41) is 11.9. The molecule has 3 aromatic rings. The number of hydrogen-bond donors (Lipinski definition) is 1.